The molecule has 2 heterocycles. The van der Waals surface area contributed by atoms with Gasteiger partial charge in [0.05, 0.1) is 17.8 Å². The van der Waals surface area contributed by atoms with Crippen LogP contribution in [0.4, 0.5) is 15.9 Å². The predicted molar refractivity (Wildman–Crippen MR) is 105 cm³/mol. The van der Waals surface area contributed by atoms with Crippen LogP contribution < -0.4 is 16.4 Å². The Morgan fingerprint density at radius 2 is 2.22 bits per heavy atom. The second-order valence-corrected chi connectivity index (χ2v) is 6.53. The summed E-state index contributed by atoms with van der Waals surface area (Å²) in [7, 11) is 1.71. The lowest BCUT2D eigenvalue weighted by Gasteiger charge is -2.34. The number of aromatic nitrogens is 1. The van der Waals surface area contributed by atoms with Crippen LogP contribution in [0.3, 0.4) is 0 Å². The Morgan fingerprint density at radius 3 is 2.93 bits per heavy atom. The molecular formula is C19H25FN6O. The molecule has 1 aliphatic heterocycles. The Labute approximate surface area is 157 Å². The van der Waals surface area contributed by atoms with Gasteiger partial charge in [-0.15, -0.1) is 0 Å². The highest BCUT2D eigenvalue weighted by molar-refractivity contribution is 6.02. The van der Waals surface area contributed by atoms with Crippen molar-refractivity contribution in [3.63, 3.8) is 0 Å². The molecule has 27 heavy (non-hydrogen) atoms. The lowest BCUT2D eigenvalue weighted by molar-refractivity contribution is -0.130. The molecule has 0 unspecified atom stereocenters. The molecule has 1 aliphatic rings. The van der Waals surface area contributed by atoms with Gasteiger partial charge in [0.15, 0.2) is 0 Å². The van der Waals surface area contributed by atoms with E-state index in [9.17, 15) is 9.18 Å². The number of amidine groups is 1. The molecule has 0 saturated carbocycles. The summed E-state index contributed by atoms with van der Waals surface area (Å²) < 4.78 is 13.7. The van der Waals surface area contributed by atoms with Crippen molar-refractivity contribution in [2.75, 3.05) is 37.7 Å². The molecule has 1 saturated heterocycles. The molecule has 1 amide bonds. The van der Waals surface area contributed by atoms with Crippen molar-refractivity contribution in [3.8, 4) is 0 Å². The maximum Gasteiger partial charge on any atom is 0.241 e. The van der Waals surface area contributed by atoms with Crippen molar-refractivity contribution in [1.82, 2.24) is 15.2 Å². The molecule has 1 aromatic heterocycles. The molecule has 0 aliphatic carbocycles. The average Bonchev–Trinajstić information content (AvgIpc) is 3.11. The number of nitrogens with two attached hydrogens (primary N) is 1. The third kappa shape index (κ3) is 4.58. The van der Waals surface area contributed by atoms with Crippen molar-refractivity contribution in [1.29, 1.82) is 0 Å². The van der Waals surface area contributed by atoms with Gasteiger partial charge in [-0.2, -0.15) is 0 Å². The van der Waals surface area contributed by atoms with Gasteiger partial charge in [-0.1, -0.05) is 12.1 Å². The molecule has 5 N–H and O–H groups in total. The van der Waals surface area contributed by atoms with Crippen LogP contribution in [0, 0.1) is 5.82 Å². The fourth-order valence-corrected chi connectivity index (χ4v) is 3.25. The van der Waals surface area contributed by atoms with Crippen LogP contribution in [0.2, 0.25) is 0 Å². The normalized spacial score (nSPS) is 17.6. The third-order valence-electron chi connectivity index (χ3n) is 4.68. The van der Waals surface area contributed by atoms with Gasteiger partial charge in [-0.25, -0.2) is 4.39 Å². The minimum atomic E-state index is -0.364. The van der Waals surface area contributed by atoms with Crippen LogP contribution in [-0.4, -0.2) is 54.4 Å². The number of likely N-dealkylation sites (tertiary alicyclic amines) is 1. The Kier molecular flexibility index (Phi) is 5.95. The molecule has 1 atom stereocenters. The van der Waals surface area contributed by atoms with E-state index in [0.717, 1.165) is 18.4 Å². The highest BCUT2D eigenvalue weighted by Gasteiger charge is 2.25. The fraction of sp³-hybridized carbons (Fsp3) is 0.368. The number of amides is 1. The highest BCUT2D eigenvalue weighted by atomic mass is 19.1. The number of benzene rings is 1. The maximum absolute atomic E-state index is 13.7. The first-order valence-electron chi connectivity index (χ1n) is 9.01. The zero-order chi connectivity index (χ0) is 19.2. The number of piperidine rings is 1. The number of para-hydroxylation sites is 1. The van der Waals surface area contributed by atoms with Crippen LogP contribution in [0.5, 0.6) is 0 Å². The van der Waals surface area contributed by atoms with Gasteiger partial charge in [-0.3, -0.25) is 9.79 Å². The standard InChI is InChI=1S/C19H25FN6O/c1-22-19(14-8-9-23-18(14)21)25-13-5-4-10-26(12-13)17(27)11-24-16-7-3-2-6-15(16)20/h2-3,6-9,13,23-24H,4-5,10-12,21H2,1H3,(H,22,25)/t13-/m0/s1. The molecule has 7 nitrogen and oxygen atoms in total. The van der Waals surface area contributed by atoms with Crippen LogP contribution in [0.1, 0.15) is 18.4 Å². The first-order chi connectivity index (χ1) is 13.1. The van der Waals surface area contributed by atoms with Crippen molar-refractivity contribution in [2.45, 2.75) is 18.9 Å². The number of aliphatic imine (C=N–C) groups is 1. The zero-order valence-corrected chi connectivity index (χ0v) is 15.3. The van der Waals surface area contributed by atoms with Gasteiger partial charge in [0.25, 0.3) is 0 Å². The SMILES string of the molecule is CN=C(N[C@H]1CCCN(C(=O)CNc2ccccc2F)C1)c1cc[nH]c1N. The van der Waals surface area contributed by atoms with E-state index in [1.165, 1.54) is 6.07 Å². The molecule has 2 aromatic rings. The lowest BCUT2D eigenvalue weighted by atomic mass is 10.0. The van der Waals surface area contributed by atoms with E-state index in [0.29, 0.717) is 30.4 Å². The van der Waals surface area contributed by atoms with E-state index < -0.39 is 0 Å². The van der Waals surface area contributed by atoms with Gasteiger partial charge < -0.3 is 26.3 Å². The molecule has 0 bridgehead atoms. The van der Waals surface area contributed by atoms with E-state index in [2.05, 4.69) is 20.6 Å². The summed E-state index contributed by atoms with van der Waals surface area (Å²) in [5, 5.41) is 6.27. The Hall–Kier alpha value is -3.03. The van der Waals surface area contributed by atoms with E-state index in [1.54, 1.807) is 36.3 Å². The van der Waals surface area contributed by atoms with Crippen LogP contribution in [-0.2, 0) is 4.79 Å². The van der Waals surface area contributed by atoms with E-state index in [-0.39, 0.29) is 24.3 Å². The zero-order valence-electron chi connectivity index (χ0n) is 15.3. The third-order valence-corrected chi connectivity index (χ3v) is 4.68. The number of carbonyl (C=O) groups excluding carboxylic acids is 1. The number of anilines is 2. The summed E-state index contributed by atoms with van der Waals surface area (Å²) in [6, 6.07) is 8.29. The number of nitrogens with one attached hydrogen (secondary N) is 3. The number of aromatic amines is 1. The Morgan fingerprint density at radius 1 is 1.41 bits per heavy atom. The van der Waals surface area contributed by atoms with Crippen molar-refractivity contribution in [2.24, 2.45) is 4.99 Å². The summed E-state index contributed by atoms with van der Waals surface area (Å²) in [6.07, 6.45) is 3.60. The number of hydrogen-bond donors (Lipinski definition) is 4. The molecule has 0 radical (unpaired) electrons. The minimum Gasteiger partial charge on any atom is -0.385 e. The summed E-state index contributed by atoms with van der Waals surface area (Å²) in [5.74, 6) is 0.843. The molecule has 144 valence electrons. The van der Waals surface area contributed by atoms with Crippen LogP contribution in [0.25, 0.3) is 0 Å². The molecular weight excluding hydrogens is 347 g/mol. The Bertz CT molecular complexity index is 818. The molecule has 1 fully saturated rings. The van der Waals surface area contributed by atoms with Gasteiger partial charge in [0, 0.05) is 32.4 Å². The summed E-state index contributed by atoms with van der Waals surface area (Å²) in [6.45, 7) is 1.33. The van der Waals surface area contributed by atoms with Crippen molar-refractivity contribution >= 4 is 23.2 Å². The van der Waals surface area contributed by atoms with E-state index in [1.807, 2.05) is 6.07 Å². The fourth-order valence-electron chi connectivity index (χ4n) is 3.25. The number of rotatable bonds is 5. The number of nitrogen functional groups attached to an aromatic ring is 1. The van der Waals surface area contributed by atoms with E-state index in [4.69, 9.17) is 5.73 Å². The monoisotopic (exact) mass is 372 g/mol. The minimum absolute atomic E-state index is 0.0547. The predicted octanol–water partition coefficient (Wildman–Crippen LogP) is 1.81. The maximum atomic E-state index is 13.7. The number of carbonyl (C=O) groups is 1. The van der Waals surface area contributed by atoms with Crippen molar-refractivity contribution in [3.05, 3.63) is 47.9 Å². The Balaban J connectivity index is 1.56. The van der Waals surface area contributed by atoms with Gasteiger partial charge in [0.2, 0.25) is 5.91 Å². The lowest BCUT2D eigenvalue weighted by Crippen LogP contribution is -2.51. The molecule has 0 spiro atoms. The highest BCUT2D eigenvalue weighted by Crippen LogP contribution is 2.15. The summed E-state index contributed by atoms with van der Waals surface area (Å²) >= 11 is 0. The van der Waals surface area contributed by atoms with Crippen molar-refractivity contribution < 1.29 is 9.18 Å². The quantitative estimate of drug-likeness (QED) is 0.475. The molecule has 1 aromatic carbocycles. The van der Waals surface area contributed by atoms with E-state index >= 15 is 0 Å². The van der Waals surface area contributed by atoms with Crippen LogP contribution in [0.15, 0.2) is 41.5 Å². The summed E-state index contributed by atoms with van der Waals surface area (Å²) in [4.78, 5) is 21.5. The van der Waals surface area contributed by atoms with Gasteiger partial charge in [-0.05, 0) is 31.0 Å². The number of hydrogen-bond acceptors (Lipinski definition) is 4. The smallest absolute Gasteiger partial charge is 0.241 e. The molecule has 8 heteroatoms. The number of H-pyrrole nitrogens is 1. The average molecular weight is 372 g/mol. The van der Waals surface area contributed by atoms with Gasteiger partial charge >= 0.3 is 0 Å². The van der Waals surface area contributed by atoms with Crippen LogP contribution >= 0.6 is 0 Å². The molecule has 3 rings (SSSR count). The number of nitrogens with zero attached hydrogens (tertiary/aromatic N) is 2. The second kappa shape index (κ2) is 8.57. The first-order valence-corrected chi connectivity index (χ1v) is 9.01. The second-order valence-electron chi connectivity index (χ2n) is 6.53. The first kappa shape index (κ1) is 18.8. The topological polar surface area (TPSA) is 98.5 Å². The van der Waals surface area contributed by atoms with Gasteiger partial charge in [0.1, 0.15) is 17.5 Å². The number of halogens is 1. The summed E-state index contributed by atoms with van der Waals surface area (Å²) in [5.41, 5.74) is 7.08. The largest absolute Gasteiger partial charge is 0.385 e.